The first kappa shape index (κ1) is 19.0. The molecule has 2 aliphatic heterocycles. The van der Waals surface area contributed by atoms with Crippen LogP contribution >= 0.6 is 24.8 Å². The van der Waals surface area contributed by atoms with Crippen molar-refractivity contribution in [2.45, 2.75) is 38.1 Å². The molecule has 2 saturated heterocycles. The highest BCUT2D eigenvalue weighted by atomic mass is 35.5. The number of piperidine rings is 2. The number of nitrogens with two attached hydrogens (primary N) is 1. The van der Waals surface area contributed by atoms with Crippen molar-refractivity contribution in [3.63, 3.8) is 0 Å². The van der Waals surface area contributed by atoms with E-state index in [0.717, 1.165) is 45.3 Å². The van der Waals surface area contributed by atoms with Crippen LogP contribution in [-0.4, -0.2) is 55.0 Å². The van der Waals surface area contributed by atoms with Crippen molar-refractivity contribution >= 4 is 30.7 Å². The van der Waals surface area contributed by atoms with Gasteiger partial charge in [0.25, 0.3) is 0 Å². The van der Waals surface area contributed by atoms with Gasteiger partial charge in [-0.25, -0.2) is 0 Å². The normalized spacial score (nSPS) is 25.4. The van der Waals surface area contributed by atoms with Crippen molar-refractivity contribution in [3.05, 3.63) is 0 Å². The largest absolute Gasteiger partial charge is 0.338 e. The molecule has 2 aliphatic rings. The summed E-state index contributed by atoms with van der Waals surface area (Å²) in [4.78, 5) is 16.9. The highest BCUT2D eigenvalue weighted by Crippen LogP contribution is 2.23. The molecule has 2 rings (SSSR count). The number of rotatable bonds is 2. The second kappa shape index (κ2) is 9.01. The summed E-state index contributed by atoms with van der Waals surface area (Å²) in [5.41, 5.74) is 5.78. The first-order valence-electron chi connectivity index (χ1n) is 6.91. The molecule has 1 unspecified atom stereocenters. The number of halogens is 2. The monoisotopic (exact) mass is 311 g/mol. The van der Waals surface area contributed by atoms with Gasteiger partial charge in [0.15, 0.2) is 0 Å². The number of carbonyl (C=O) groups is 1. The van der Waals surface area contributed by atoms with Crippen molar-refractivity contribution in [1.82, 2.24) is 9.80 Å². The van der Waals surface area contributed by atoms with Gasteiger partial charge in [-0.1, -0.05) is 0 Å². The Morgan fingerprint density at radius 1 is 1.11 bits per heavy atom. The van der Waals surface area contributed by atoms with E-state index in [4.69, 9.17) is 5.73 Å². The third-order valence-corrected chi connectivity index (χ3v) is 4.25. The number of hydrogen-bond acceptors (Lipinski definition) is 3. The van der Waals surface area contributed by atoms with Gasteiger partial charge < -0.3 is 15.5 Å². The molecule has 0 saturated carbocycles. The zero-order valence-corrected chi connectivity index (χ0v) is 13.3. The molecule has 2 N–H and O–H groups in total. The van der Waals surface area contributed by atoms with Gasteiger partial charge in [-0.3, -0.25) is 4.79 Å². The van der Waals surface area contributed by atoms with Crippen LogP contribution in [0.2, 0.25) is 0 Å². The summed E-state index contributed by atoms with van der Waals surface area (Å²) in [6.45, 7) is 3.65. The Hall–Kier alpha value is -0.0300. The highest BCUT2D eigenvalue weighted by Gasteiger charge is 2.32. The average molecular weight is 312 g/mol. The molecule has 114 valence electrons. The van der Waals surface area contributed by atoms with E-state index in [1.165, 1.54) is 6.42 Å². The van der Waals surface area contributed by atoms with Crippen molar-refractivity contribution < 1.29 is 4.79 Å². The van der Waals surface area contributed by atoms with Gasteiger partial charge in [0.2, 0.25) is 5.91 Å². The molecule has 1 amide bonds. The lowest BCUT2D eigenvalue weighted by molar-refractivity contribution is -0.140. The molecule has 4 nitrogen and oxygen atoms in total. The Bertz CT molecular complexity index is 271. The third kappa shape index (κ3) is 4.78. The fourth-order valence-electron chi connectivity index (χ4n) is 3.03. The van der Waals surface area contributed by atoms with E-state index >= 15 is 0 Å². The maximum Gasteiger partial charge on any atom is 0.226 e. The summed E-state index contributed by atoms with van der Waals surface area (Å²) in [5.74, 6) is 0.617. The average Bonchev–Trinajstić information content (AvgIpc) is 2.39. The molecule has 6 heteroatoms. The van der Waals surface area contributed by atoms with Crippen molar-refractivity contribution in [1.29, 1.82) is 0 Å². The molecule has 0 bridgehead atoms. The molecular formula is C13H27Cl2N3O. The van der Waals surface area contributed by atoms with E-state index in [1.54, 1.807) is 0 Å². The first-order chi connectivity index (χ1) is 8.22. The predicted octanol–water partition coefficient (Wildman–Crippen LogP) is 1.51. The fraction of sp³-hybridized carbons (Fsp3) is 0.923. The molecule has 1 atom stereocenters. The van der Waals surface area contributed by atoms with Crippen LogP contribution in [0, 0.1) is 5.92 Å². The number of amides is 1. The molecule has 0 aromatic heterocycles. The van der Waals surface area contributed by atoms with Gasteiger partial charge in [-0.2, -0.15) is 0 Å². The van der Waals surface area contributed by atoms with Gasteiger partial charge >= 0.3 is 0 Å². The maximum absolute atomic E-state index is 12.5. The minimum Gasteiger partial charge on any atom is -0.338 e. The molecule has 2 heterocycles. The summed E-state index contributed by atoms with van der Waals surface area (Å²) >= 11 is 0. The van der Waals surface area contributed by atoms with Crippen LogP contribution in [0.15, 0.2) is 0 Å². The van der Waals surface area contributed by atoms with E-state index in [-0.39, 0.29) is 30.7 Å². The van der Waals surface area contributed by atoms with Gasteiger partial charge in [-0.05, 0) is 52.2 Å². The molecule has 2 fully saturated rings. The Kier molecular flexibility index (Phi) is 8.99. The van der Waals surface area contributed by atoms with E-state index in [0.29, 0.717) is 18.5 Å². The second-order valence-corrected chi connectivity index (χ2v) is 5.49. The number of likely N-dealkylation sites (tertiary alicyclic amines) is 2. The highest BCUT2D eigenvalue weighted by molar-refractivity contribution is 5.85. The zero-order valence-electron chi connectivity index (χ0n) is 11.7. The minimum atomic E-state index is 0. The minimum absolute atomic E-state index is 0. The fourth-order valence-corrected chi connectivity index (χ4v) is 3.03. The zero-order chi connectivity index (χ0) is 12.3. The van der Waals surface area contributed by atoms with Crippen molar-refractivity contribution in [2.24, 2.45) is 11.7 Å². The van der Waals surface area contributed by atoms with Gasteiger partial charge in [0.1, 0.15) is 0 Å². The van der Waals surface area contributed by atoms with Crippen LogP contribution < -0.4 is 5.73 Å². The van der Waals surface area contributed by atoms with Crippen LogP contribution in [0.4, 0.5) is 0 Å². The van der Waals surface area contributed by atoms with E-state index in [9.17, 15) is 4.79 Å². The van der Waals surface area contributed by atoms with Crippen LogP contribution in [0.3, 0.4) is 0 Å². The van der Waals surface area contributed by atoms with Crippen LogP contribution in [-0.2, 0) is 4.79 Å². The summed E-state index contributed by atoms with van der Waals surface area (Å²) in [5, 5.41) is 0. The smallest absolute Gasteiger partial charge is 0.226 e. The Morgan fingerprint density at radius 2 is 1.74 bits per heavy atom. The van der Waals surface area contributed by atoms with Crippen molar-refractivity contribution in [3.8, 4) is 0 Å². The Balaban J connectivity index is 0.00000162. The van der Waals surface area contributed by atoms with E-state index < -0.39 is 0 Å². The Labute approximate surface area is 128 Å². The Morgan fingerprint density at radius 3 is 2.32 bits per heavy atom. The SMILES string of the molecule is CN1CCC(C(=O)N2CCCCC2CN)CC1.Cl.Cl. The van der Waals surface area contributed by atoms with E-state index in [1.807, 2.05) is 0 Å². The number of carbonyl (C=O) groups excluding carboxylic acids is 1. The summed E-state index contributed by atoms with van der Waals surface area (Å²) in [6, 6.07) is 0.302. The molecule has 19 heavy (non-hydrogen) atoms. The number of hydrogen-bond donors (Lipinski definition) is 1. The molecule has 0 aliphatic carbocycles. The topological polar surface area (TPSA) is 49.6 Å². The molecule has 0 aromatic rings. The summed E-state index contributed by atoms with van der Waals surface area (Å²) in [6.07, 6.45) is 5.50. The predicted molar refractivity (Wildman–Crippen MR) is 83.1 cm³/mol. The van der Waals surface area contributed by atoms with Crippen molar-refractivity contribution in [2.75, 3.05) is 33.2 Å². The molecule has 0 aromatic carbocycles. The standard InChI is InChI=1S/C13H25N3O.2ClH/c1-15-8-5-11(6-9-15)13(17)16-7-3-2-4-12(16)10-14;;/h11-12H,2-10,14H2,1H3;2*1H. The third-order valence-electron chi connectivity index (χ3n) is 4.25. The van der Waals surface area contributed by atoms with E-state index in [2.05, 4.69) is 16.8 Å². The lowest BCUT2D eigenvalue weighted by Crippen LogP contribution is -2.51. The molecule has 0 spiro atoms. The van der Waals surface area contributed by atoms with Crippen LogP contribution in [0.1, 0.15) is 32.1 Å². The van der Waals surface area contributed by atoms with Gasteiger partial charge in [-0.15, -0.1) is 24.8 Å². The molecular weight excluding hydrogens is 285 g/mol. The molecule has 0 radical (unpaired) electrons. The second-order valence-electron chi connectivity index (χ2n) is 5.49. The number of nitrogens with zero attached hydrogens (tertiary/aromatic N) is 2. The first-order valence-corrected chi connectivity index (χ1v) is 6.91. The summed E-state index contributed by atoms with van der Waals surface area (Å²) < 4.78 is 0. The van der Waals surface area contributed by atoms with Gasteiger partial charge in [0.05, 0.1) is 0 Å². The van der Waals surface area contributed by atoms with Gasteiger partial charge in [0, 0.05) is 25.0 Å². The lowest BCUT2D eigenvalue weighted by Gasteiger charge is -2.39. The lowest BCUT2D eigenvalue weighted by atomic mass is 9.93. The van der Waals surface area contributed by atoms with Crippen LogP contribution in [0.25, 0.3) is 0 Å². The maximum atomic E-state index is 12.5. The quantitative estimate of drug-likeness (QED) is 0.841. The summed E-state index contributed by atoms with van der Waals surface area (Å²) in [7, 11) is 2.13. The van der Waals surface area contributed by atoms with Crippen LogP contribution in [0.5, 0.6) is 0 Å².